The lowest BCUT2D eigenvalue weighted by Crippen LogP contribution is -2.41. The molecule has 0 radical (unpaired) electrons. The van der Waals surface area contributed by atoms with Gasteiger partial charge in [-0.1, -0.05) is 23.2 Å². The van der Waals surface area contributed by atoms with Gasteiger partial charge in [-0.05, 0) is 19.9 Å². The third-order valence-electron chi connectivity index (χ3n) is 2.80. The Balaban J connectivity index is 2.28. The Morgan fingerprint density at radius 1 is 1.50 bits per heavy atom. The highest BCUT2D eigenvalue weighted by Gasteiger charge is 2.21. The molecule has 1 aromatic heterocycles. The summed E-state index contributed by atoms with van der Waals surface area (Å²) in [7, 11) is 0. The van der Waals surface area contributed by atoms with Crippen molar-refractivity contribution in [3.8, 4) is 0 Å². The van der Waals surface area contributed by atoms with E-state index >= 15 is 0 Å². The van der Waals surface area contributed by atoms with Gasteiger partial charge < -0.3 is 15.0 Å². The molecular weight excluding hydrogens is 273 g/mol. The van der Waals surface area contributed by atoms with E-state index in [1.54, 1.807) is 6.07 Å². The molecule has 0 saturated carbocycles. The van der Waals surface area contributed by atoms with Crippen LogP contribution in [0.3, 0.4) is 0 Å². The third-order valence-corrected chi connectivity index (χ3v) is 3.36. The summed E-state index contributed by atoms with van der Waals surface area (Å²) < 4.78 is 5.52. The van der Waals surface area contributed by atoms with Crippen molar-refractivity contribution in [2.24, 2.45) is 0 Å². The molecule has 4 nitrogen and oxygen atoms in total. The quantitative estimate of drug-likeness (QED) is 0.928. The molecule has 2 rings (SSSR count). The molecule has 1 aromatic rings. The maximum Gasteiger partial charge on any atom is 0.150 e. The zero-order valence-electron chi connectivity index (χ0n) is 10.5. The van der Waals surface area contributed by atoms with Gasteiger partial charge >= 0.3 is 0 Å². The normalized spacial score (nSPS) is 20.0. The Hall–Kier alpha value is -0.710. The molecule has 1 fully saturated rings. The lowest BCUT2D eigenvalue weighted by atomic mass is 10.3. The molecule has 0 aliphatic carbocycles. The van der Waals surface area contributed by atoms with Crippen LogP contribution in [0.2, 0.25) is 10.0 Å². The van der Waals surface area contributed by atoms with Crippen molar-refractivity contribution in [1.82, 2.24) is 4.98 Å². The van der Waals surface area contributed by atoms with E-state index in [2.05, 4.69) is 15.2 Å². The number of anilines is 2. The van der Waals surface area contributed by atoms with Gasteiger partial charge in [-0.15, -0.1) is 0 Å². The molecule has 0 bridgehead atoms. The van der Waals surface area contributed by atoms with Crippen LogP contribution in [0.15, 0.2) is 6.07 Å². The first kappa shape index (κ1) is 13.7. The Morgan fingerprint density at radius 2 is 2.28 bits per heavy atom. The van der Waals surface area contributed by atoms with Crippen LogP contribution in [0.1, 0.15) is 13.8 Å². The first-order chi connectivity index (χ1) is 8.61. The third kappa shape index (κ3) is 2.99. The maximum atomic E-state index is 6.23. The highest BCUT2D eigenvalue weighted by atomic mass is 35.5. The molecule has 100 valence electrons. The van der Waals surface area contributed by atoms with Crippen LogP contribution in [0.4, 0.5) is 11.6 Å². The SMILES string of the molecule is CCNc1nc(N2CCOC(C)C2)c(Cl)cc1Cl. The molecule has 1 saturated heterocycles. The second-order valence-electron chi connectivity index (χ2n) is 4.28. The van der Waals surface area contributed by atoms with Gasteiger partial charge in [0.15, 0.2) is 0 Å². The first-order valence-electron chi connectivity index (χ1n) is 6.08. The van der Waals surface area contributed by atoms with E-state index in [0.717, 1.165) is 25.5 Å². The topological polar surface area (TPSA) is 37.4 Å². The van der Waals surface area contributed by atoms with Crippen LogP contribution in [0, 0.1) is 0 Å². The molecule has 0 aromatic carbocycles. The summed E-state index contributed by atoms with van der Waals surface area (Å²) in [5.41, 5.74) is 0. The van der Waals surface area contributed by atoms with E-state index < -0.39 is 0 Å². The number of morpholine rings is 1. The minimum absolute atomic E-state index is 0.190. The van der Waals surface area contributed by atoms with Crippen molar-refractivity contribution in [1.29, 1.82) is 0 Å². The molecule has 18 heavy (non-hydrogen) atoms. The smallest absolute Gasteiger partial charge is 0.150 e. The van der Waals surface area contributed by atoms with Gasteiger partial charge in [0.1, 0.15) is 11.6 Å². The van der Waals surface area contributed by atoms with Gasteiger partial charge in [0.25, 0.3) is 0 Å². The molecule has 0 amide bonds. The lowest BCUT2D eigenvalue weighted by molar-refractivity contribution is 0.0529. The lowest BCUT2D eigenvalue weighted by Gasteiger charge is -2.32. The van der Waals surface area contributed by atoms with E-state index in [1.807, 2.05) is 13.8 Å². The summed E-state index contributed by atoms with van der Waals surface area (Å²) in [6.45, 7) is 7.10. The van der Waals surface area contributed by atoms with E-state index in [0.29, 0.717) is 22.5 Å². The summed E-state index contributed by atoms with van der Waals surface area (Å²) in [6, 6.07) is 1.74. The van der Waals surface area contributed by atoms with E-state index in [4.69, 9.17) is 27.9 Å². The van der Waals surface area contributed by atoms with Crippen molar-refractivity contribution in [3.05, 3.63) is 16.1 Å². The zero-order chi connectivity index (χ0) is 13.1. The largest absolute Gasteiger partial charge is 0.375 e. The van der Waals surface area contributed by atoms with E-state index in [1.165, 1.54) is 0 Å². The van der Waals surface area contributed by atoms with Gasteiger partial charge in [-0.2, -0.15) is 0 Å². The standard InChI is InChI=1S/C12H17Cl2N3O/c1-3-15-11-9(13)6-10(14)12(16-11)17-4-5-18-8(2)7-17/h6,8H,3-5,7H2,1-2H3,(H,15,16). The number of rotatable bonds is 3. The van der Waals surface area contributed by atoms with Gasteiger partial charge in [0, 0.05) is 19.6 Å². The van der Waals surface area contributed by atoms with Gasteiger partial charge in [0.05, 0.1) is 22.8 Å². The van der Waals surface area contributed by atoms with Crippen molar-refractivity contribution < 1.29 is 4.74 Å². The van der Waals surface area contributed by atoms with Crippen LogP contribution >= 0.6 is 23.2 Å². The van der Waals surface area contributed by atoms with Crippen LogP contribution < -0.4 is 10.2 Å². The number of ether oxygens (including phenoxy) is 1. The Bertz CT molecular complexity index is 428. The molecule has 1 atom stereocenters. The van der Waals surface area contributed by atoms with Gasteiger partial charge in [0.2, 0.25) is 0 Å². The second-order valence-corrected chi connectivity index (χ2v) is 5.10. The number of nitrogens with zero attached hydrogens (tertiary/aromatic N) is 2. The monoisotopic (exact) mass is 289 g/mol. The van der Waals surface area contributed by atoms with E-state index in [9.17, 15) is 0 Å². The molecule has 1 unspecified atom stereocenters. The Labute approximate surface area is 117 Å². The number of nitrogens with one attached hydrogen (secondary N) is 1. The average Bonchev–Trinajstić information content (AvgIpc) is 2.33. The molecular formula is C12H17Cl2N3O. The molecule has 6 heteroatoms. The highest BCUT2D eigenvalue weighted by Crippen LogP contribution is 2.32. The average molecular weight is 290 g/mol. The van der Waals surface area contributed by atoms with Gasteiger partial charge in [-0.3, -0.25) is 0 Å². The fourth-order valence-electron chi connectivity index (χ4n) is 1.98. The summed E-state index contributed by atoms with van der Waals surface area (Å²) in [5.74, 6) is 1.45. The minimum Gasteiger partial charge on any atom is -0.375 e. The van der Waals surface area contributed by atoms with Crippen LogP contribution in [0.25, 0.3) is 0 Å². The number of pyridine rings is 1. The second kappa shape index (κ2) is 5.95. The first-order valence-corrected chi connectivity index (χ1v) is 6.84. The Kier molecular flexibility index (Phi) is 4.54. The maximum absolute atomic E-state index is 6.23. The Morgan fingerprint density at radius 3 is 2.94 bits per heavy atom. The van der Waals surface area contributed by atoms with Crippen LogP contribution in [-0.2, 0) is 4.74 Å². The number of aromatic nitrogens is 1. The predicted molar refractivity (Wildman–Crippen MR) is 76.0 cm³/mol. The zero-order valence-corrected chi connectivity index (χ0v) is 12.1. The summed E-state index contributed by atoms with van der Waals surface area (Å²) >= 11 is 12.3. The number of halogens is 2. The molecule has 0 spiro atoms. The summed E-state index contributed by atoms with van der Waals surface area (Å²) in [6.07, 6.45) is 0.190. The van der Waals surface area contributed by atoms with Crippen molar-refractivity contribution in [2.45, 2.75) is 20.0 Å². The van der Waals surface area contributed by atoms with Crippen LogP contribution in [-0.4, -0.2) is 37.3 Å². The number of hydrogen-bond donors (Lipinski definition) is 1. The van der Waals surface area contributed by atoms with Crippen molar-refractivity contribution >= 4 is 34.8 Å². The van der Waals surface area contributed by atoms with Crippen molar-refractivity contribution in [2.75, 3.05) is 36.5 Å². The molecule has 1 aliphatic heterocycles. The molecule has 1 N–H and O–H groups in total. The summed E-state index contributed by atoms with van der Waals surface area (Å²) in [5, 5.41) is 4.26. The summed E-state index contributed by atoms with van der Waals surface area (Å²) in [4.78, 5) is 6.65. The van der Waals surface area contributed by atoms with Gasteiger partial charge in [-0.25, -0.2) is 4.98 Å². The molecule has 1 aliphatic rings. The fourth-order valence-corrected chi connectivity index (χ4v) is 2.53. The fraction of sp³-hybridized carbons (Fsp3) is 0.583. The van der Waals surface area contributed by atoms with Crippen molar-refractivity contribution in [3.63, 3.8) is 0 Å². The number of hydrogen-bond acceptors (Lipinski definition) is 4. The van der Waals surface area contributed by atoms with E-state index in [-0.39, 0.29) is 6.10 Å². The highest BCUT2D eigenvalue weighted by molar-refractivity contribution is 6.37. The molecule has 2 heterocycles. The van der Waals surface area contributed by atoms with Crippen LogP contribution in [0.5, 0.6) is 0 Å². The minimum atomic E-state index is 0.190. The predicted octanol–water partition coefficient (Wildman–Crippen LogP) is 3.05.